The monoisotopic (exact) mass is 938 g/mol. The number of fused-ring (bicyclic) bond motifs is 8. The topological polar surface area (TPSA) is 16.3 Å². The molecule has 4 heteroatoms. The van der Waals surface area contributed by atoms with Crippen LogP contribution in [0.1, 0.15) is 43.9 Å². The van der Waals surface area contributed by atoms with E-state index in [1.807, 2.05) is 0 Å². The van der Waals surface area contributed by atoms with Gasteiger partial charge in [-0.05, 0) is 162 Å². The van der Waals surface area contributed by atoms with Crippen molar-refractivity contribution in [2.24, 2.45) is 5.92 Å². The summed E-state index contributed by atoms with van der Waals surface area (Å²) in [5, 5.41) is 8.84. The minimum Gasteiger partial charge on any atom is -0.314 e. The smallest absolute Gasteiger partial charge is 0.0542 e. The third-order valence-electron chi connectivity index (χ3n) is 15.5. The van der Waals surface area contributed by atoms with Crippen molar-refractivity contribution < 1.29 is 0 Å². The van der Waals surface area contributed by atoms with Crippen LogP contribution in [-0.4, -0.2) is 9.13 Å². The molecule has 4 nitrogen and oxygen atoms in total. The lowest BCUT2D eigenvalue weighted by Crippen LogP contribution is -2.34. The molecule has 3 aliphatic rings. The van der Waals surface area contributed by atoms with E-state index < -0.39 is 0 Å². The van der Waals surface area contributed by atoms with Crippen molar-refractivity contribution in [2.75, 3.05) is 9.80 Å². The molecule has 0 aliphatic heterocycles. The number of benzene rings is 9. The number of aryl methyl sites for hydroxylation is 1. The normalized spacial score (nSPS) is 15.1. The Kier molecular flexibility index (Phi) is 10.5. The van der Waals surface area contributed by atoms with Crippen LogP contribution in [0.2, 0.25) is 0 Å². The van der Waals surface area contributed by atoms with Crippen LogP contribution in [0.15, 0.2) is 231 Å². The van der Waals surface area contributed by atoms with Crippen LogP contribution < -0.4 is 20.2 Å². The fourth-order valence-corrected chi connectivity index (χ4v) is 12.1. The second-order valence-electron chi connectivity index (χ2n) is 20.0. The Morgan fingerprint density at radius 3 is 1.92 bits per heavy atom. The van der Waals surface area contributed by atoms with Crippen LogP contribution in [0.4, 0.5) is 28.4 Å². The van der Waals surface area contributed by atoms with Crippen molar-refractivity contribution >= 4 is 95.5 Å². The van der Waals surface area contributed by atoms with Gasteiger partial charge in [0.05, 0.1) is 22.2 Å². The zero-order chi connectivity index (χ0) is 48.4. The molecule has 0 bridgehead atoms. The van der Waals surface area contributed by atoms with E-state index >= 15 is 0 Å². The van der Waals surface area contributed by atoms with Gasteiger partial charge in [-0.15, -0.1) is 0 Å². The summed E-state index contributed by atoms with van der Waals surface area (Å²) >= 11 is 0. The van der Waals surface area contributed by atoms with E-state index in [9.17, 15) is 0 Å². The molecule has 0 N–H and O–H groups in total. The fraction of sp³-hybridized carbons (Fsp3) is 0.101. The van der Waals surface area contributed by atoms with Crippen LogP contribution >= 0.6 is 0 Å². The Morgan fingerprint density at radius 2 is 1.11 bits per heavy atom. The Hall–Kier alpha value is -8.86. The van der Waals surface area contributed by atoms with Gasteiger partial charge in [-0.3, -0.25) is 0 Å². The number of anilines is 5. The molecule has 3 aliphatic carbocycles. The second kappa shape index (κ2) is 17.8. The quantitative estimate of drug-likeness (QED) is 0.143. The molecular weight excluding hydrogens is 885 g/mol. The zero-order valence-electron chi connectivity index (χ0n) is 41.0. The SMILES string of the molecule is CC1C=C(n2c3c(c4cc(N(C5=c6ccccc6=CCC5)c5ccc(-c6ccc(N(c7ccc8c(c7)c7ccccc7n8-c7ccccc7)c7cccc8ccccc78)cc6)cc5)ccc42)CCC=C3)C=CC1. The Morgan fingerprint density at radius 1 is 0.466 bits per heavy atom. The molecule has 11 aromatic rings. The maximum atomic E-state index is 2.54. The van der Waals surface area contributed by atoms with E-state index in [0.717, 1.165) is 60.5 Å². The number of aromatic nitrogens is 2. The predicted octanol–water partition coefficient (Wildman–Crippen LogP) is 16.9. The number of para-hydroxylation sites is 2. The first-order valence-corrected chi connectivity index (χ1v) is 26.0. The van der Waals surface area contributed by atoms with Gasteiger partial charge in [-0.25, -0.2) is 0 Å². The first-order chi connectivity index (χ1) is 36.1. The Balaban J connectivity index is 0.864. The van der Waals surface area contributed by atoms with Gasteiger partial charge in [-0.2, -0.15) is 0 Å². The average Bonchev–Trinajstić information content (AvgIpc) is 3.96. The van der Waals surface area contributed by atoms with Crippen LogP contribution in [0.25, 0.3) is 83.8 Å². The predicted molar refractivity (Wildman–Crippen MR) is 310 cm³/mol. The summed E-state index contributed by atoms with van der Waals surface area (Å²) in [6.45, 7) is 2.32. The lowest BCUT2D eigenvalue weighted by molar-refractivity contribution is 0.734. The van der Waals surface area contributed by atoms with E-state index in [4.69, 9.17) is 0 Å². The molecule has 73 heavy (non-hydrogen) atoms. The molecule has 2 heterocycles. The lowest BCUT2D eigenvalue weighted by Gasteiger charge is -2.30. The van der Waals surface area contributed by atoms with E-state index in [1.54, 1.807) is 0 Å². The first-order valence-electron chi connectivity index (χ1n) is 26.0. The Bertz CT molecular complexity index is 4180. The fourth-order valence-electron chi connectivity index (χ4n) is 12.1. The molecule has 9 aromatic carbocycles. The van der Waals surface area contributed by atoms with Crippen molar-refractivity contribution in [1.82, 2.24) is 9.13 Å². The average molecular weight is 939 g/mol. The molecule has 0 radical (unpaired) electrons. The molecule has 14 rings (SSSR count). The third-order valence-corrected chi connectivity index (χ3v) is 15.5. The highest BCUT2D eigenvalue weighted by Crippen LogP contribution is 2.44. The molecule has 1 unspecified atom stereocenters. The lowest BCUT2D eigenvalue weighted by atomic mass is 9.99. The van der Waals surface area contributed by atoms with Crippen LogP contribution in [0, 0.1) is 5.92 Å². The molecule has 0 fully saturated rings. The summed E-state index contributed by atoms with van der Waals surface area (Å²) in [5.41, 5.74) is 18.3. The largest absolute Gasteiger partial charge is 0.314 e. The first kappa shape index (κ1) is 43.0. The van der Waals surface area contributed by atoms with Crippen molar-refractivity contribution in [1.29, 1.82) is 0 Å². The van der Waals surface area contributed by atoms with Gasteiger partial charge in [0.1, 0.15) is 0 Å². The molecule has 350 valence electrons. The Labute approximate surface area is 426 Å². The van der Waals surface area contributed by atoms with Crippen molar-refractivity contribution in [3.8, 4) is 16.8 Å². The van der Waals surface area contributed by atoms with Gasteiger partial charge in [0.15, 0.2) is 0 Å². The maximum Gasteiger partial charge on any atom is 0.0542 e. The van der Waals surface area contributed by atoms with Crippen LogP contribution in [-0.2, 0) is 6.42 Å². The van der Waals surface area contributed by atoms with Gasteiger partial charge < -0.3 is 18.9 Å². The van der Waals surface area contributed by atoms with Gasteiger partial charge in [0.25, 0.3) is 0 Å². The summed E-state index contributed by atoms with van der Waals surface area (Å²) < 4.78 is 4.89. The highest BCUT2D eigenvalue weighted by atomic mass is 15.2. The number of rotatable bonds is 9. The molecule has 2 aromatic heterocycles. The van der Waals surface area contributed by atoms with E-state index in [1.165, 1.54) is 93.4 Å². The zero-order valence-corrected chi connectivity index (χ0v) is 41.0. The minimum absolute atomic E-state index is 0.516. The molecule has 0 amide bonds. The van der Waals surface area contributed by atoms with Gasteiger partial charge in [-0.1, -0.05) is 153 Å². The number of nitrogens with zero attached hydrogens (tertiary/aromatic N) is 4. The van der Waals surface area contributed by atoms with Crippen molar-refractivity contribution in [2.45, 2.75) is 39.0 Å². The van der Waals surface area contributed by atoms with Gasteiger partial charge in [0, 0.05) is 72.3 Å². The molecule has 0 saturated carbocycles. The highest BCUT2D eigenvalue weighted by molar-refractivity contribution is 6.11. The maximum absolute atomic E-state index is 2.54. The van der Waals surface area contributed by atoms with E-state index in [0.29, 0.717) is 5.92 Å². The number of allylic oxidation sites excluding steroid dienone is 5. The van der Waals surface area contributed by atoms with Crippen molar-refractivity contribution in [3.63, 3.8) is 0 Å². The van der Waals surface area contributed by atoms with Gasteiger partial charge >= 0.3 is 0 Å². The van der Waals surface area contributed by atoms with Crippen LogP contribution in [0.5, 0.6) is 0 Å². The number of hydrogen-bond acceptors (Lipinski definition) is 2. The van der Waals surface area contributed by atoms with E-state index in [2.05, 4.69) is 269 Å². The highest BCUT2D eigenvalue weighted by Gasteiger charge is 2.25. The van der Waals surface area contributed by atoms with Crippen molar-refractivity contribution in [3.05, 3.63) is 252 Å². The summed E-state index contributed by atoms with van der Waals surface area (Å²) in [6.07, 6.45) is 19.3. The standard InChI is InChI=1S/C69H54N4/c1-47-16-13-23-55(44-47)73-67-29-12-10-27-61(67)63-46-57(41-43-69(63)73)71(65-31-15-20-51-18-6-8-25-59(51)65)54-38-34-49(35-39-54)48-32-36-53(37-33-48)70(64-30-14-19-50-17-5-7-24-58(50)64)56-40-42-68-62(45-56)60-26-9-11-28-66(60)72(68)52-21-3-2-4-22-52/h2-9,11-14,17-26,28-30,32-47H,10,15-16,27,31H2,1H3. The molecule has 0 saturated heterocycles. The summed E-state index contributed by atoms with van der Waals surface area (Å²) in [4.78, 5) is 4.97. The molecule has 1 atom stereocenters. The molecule has 0 spiro atoms. The van der Waals surface area contributed by atoms with Crippen LogP contribution in [0.3, 0.4) is 0 Å². The molecular formula is C69H54N4. The second-order valence-corrected chi connectivity index (χ2v) is 20.0. The third kappa shape index (κ3) is 7.35. The number of hydrogen-bond donors (Lipinski definition) is 0. The van der Waals surface area contributed by atoms with E-state index in [-0.39, 0.29) is 0 Å². The summed E-state index contributed by atoms with van der Waals surface area (Å²) in [7, 11) is 0. The minimum atomic E-state index is 0.516. The van der Waals surface area contributed by atoms with Gasteiger partial charge in [0.2, 0.25) is 0 Å². The summed E-state index contributed by atoms with van der Waals surface area (Å²) in [6, 6.07) is 76.3. The summed E-state index contributed by atoms with van der Waals surface area (Å²) in [5.74, 6) is 0.516.